The molecule has 1 aliphatic rings. The van der Waals surface area contributed by atoms with Crippen LogP contribution >= 0.6 is 67.8 Å². The molecule has 0 saturated heterocycles. The van der Waals surface area contributed by atoms with Gasteiger partial charge in [0.1, 0.15) is 0 Å². The molecule has 2 unspecified atom stereocenters. The van der Waals surface area contributed by atoms with E-state index < -0.39 is 0 Å². The minimum Gasteiger partial charge on any atom is -0.330 e. The van der Waals surface area contributed by atoms with Crippen molar-refractivity contribution in [3.63, 3.8) is 0 Å². The highest BCUT2D eigenvalue weighted by molar-refractivity contribution is 14.1. The van der Waals surface area contributed by atoms with Gasteiger partial charge in [-0.25, -0.2) is 0 Å². The van der Waals surface area contributed by atoms with Gasteiger partial charge in [0.2, 0.25) is 0 Å². The van der Waals surface area contributed by atoms with Crippen molar-refractivity contribution in [1.82, 2.24) is 0 Å². The van der Waals surface area contributed by atoms with Crippen molar-refractivity contribution in [3.8, 4) is 0 Å². The topological polar surface area (TPSA) is 52.0 Å². The molecule has 0 heterocycles. The van der Waals surface area contributed by atoms with Gasteiger partial charge in [0.15, 0.2) is 0 Å². The van der Waals surface area contributed by atoms with E-state index in [1.165, 1.54) is 7.16 Å². The second-order valence-corrected chi connectivity index (χ2v) is 7.29. The van der Waals surface area contributed by atoms with Crippen molar-refractivity contribution in [2.45, 2.75) is 3.42 Å². The van der Waals surface area contributed by atoms with Gasteiger partial charge in [-0.15, -0.1) is 0 Å². The lowest BCUT2D eigenvalue weighted by Crippen LogP contribution is -2.43. The number of nitrogens with two attached hydrogens (primary N) is 2. The molecule has 0 bridgehead atoms. The van der Waals surface area contributed by atoms with E-state index in [9.17, 15) is 0 Å². The van der Waals surface area contributed by atoms with Crippen LogP contribution in [0.5, 0.6) is 0 Å². The fourth-order valence-electron chi connectivity index (χ4n) is 1.29. The molecule has 4 N–H and O–H groups in total. The Hall–Kier alpha value is 1.59. The average molecular weight is 516 g/mol. The molecule has 0 aromatic heterocycles. The first-order valence-electron chi connectivity index (χ1n) is 3.88. The molecule has 74 valence electrons. The zero-order valence-corrected chi connectivity index (χ0v) is 13.4. The monoisotopic (exact) mass is 516 g/mol. The van der Waals surface area contributed by atoms with Gasteiger partial charge in [-0.1, -0.05) is 28.7 Å². The third-order valence-corrected chi connectivity index (χ3v) is 6.96. The summed E-state index contributed by atoms with van der Waals surface area (Å²) in [6.45, 7) is 1.30. The molecule has 0 amide bonds. The predicted molar refractivity (Wildman–Crippen MR) is 82.6 cm³/mol. The van der Waals surface area contributed by atoms with Gasteiger partial charge in [-0.05, 0) is 51.3 Å². The van der Waals surface area contributed by atoms with Gasteiger partial charge < -0.3 is 11.5 Å². The van der Waals surface area contributed by atoms with Crippen LogP contribution in [0.15, 0.2) is 19.3 Å². The van der Waals surface area contributed by atoms with E-state index in [4.69, 9.17) is 11.5 Å². The van der Waals surface area contributed by atoms with Crippen molar-refractivity contribution in [1.29, 1.82) is 0 Å². The number of rotatable bonds is 2. The van der Waals surface area contributed by atoms with E-state index in [0.717, 1.165) is 0 Å². The summed E-state index contributed by atoms with van der Waals surface area (Å²) in [5.74, 6) is 0.363. The molecule has 0 aromatic rings. The van der Waals surface area contributed by atoms with Crippen LogP contribution in [0.4, 0.5) is 0 Å². The molecule has 13 heavy (non-hydrogen) atoms. The van der Waals surface area contributed by atoms with Crippen LogP contribution in [-0.4, -0.2) is 16.5 Å². The van der Waals surface area contributed by atoms with Gasteiger partial charge in [0.05, 0.1) is 3.42 Å². The van der Waals surface area contributed by atoms with Gasteiger partial charge in [-0.3, -0.25) is 0 Å². The average Bonchev–Trinajstić information content (AvgIpc) is 2.11. The standard InChI is InChI=1S/C8H11I3N2/c9-6-1-5(3-12)8(11,4-13)7(10)2-6/h1-2,5H,3-4,12-13H2. The third kappa shape index (κ3) is 2.58. The Labute approximate surface area is 119 Å². The SMILES string of the molecule is NCC1C=C(I)C=C(I)C1(I)CN. The molecule has 1 aliphatic carbocycles. The molecule has 5 heteroatoms. The second kappa shape index (κ2) is 5.08. The lowest BCUT2D eigenvalue weighted by molar-refractivity contribution is 0.549. The Morgan fingerprint density at radius 3 is 2.46 bits per heavy atom. The summed E-state index contributed by atoms with van der Waals surface area (Å²) in [6.07, 6.45) is 4.38. The second-order valence-electron chi connectivity index (χ2n) is 2.95. The normalized spacial score (nSPS) is 34.1. The van der Waals surface area contributed by atoms with Crippen molar-refractivity contribution in [2.24, 2.45) is 17.4 Å². The largest absolute Gasteiger partial charge is 0.330 e. The van der Waals surface area contributed by atoms with Crippen LogP contribution < -0.4 is 11.5 Å². The Balaban J connectivity index is 3.03. The summed E-state index contributed by atoms with van der Waals surface area (Å²) in [5.41, 5.74) is 11.5. The third-order valence-electron chi connectivity index (χ3n) is 2.16. The number of hydrogen-bond donors (Lipinski definition) is 2. The van der Waals surface area contributed by atoms with Crippen LogP contribution in [0, 0.1) is 5.92 Å². The van der Waals surface area contributed by atoms with E-state index in [2.05, 4.69) is 79.9 Å². The quantitative estimate of drug-likeness (QED) is 0.438. The Morgan fingerprint density at radius 1 is 1.38 bits per heavy atom. The van der Waals surface area contributed by atoms with Gasteiger partial charge in [-0.2, -0.15) is 0 Å². The highest BCUT2D eigenvalue weighted by Gasteiger charge is 2.37. The van der Waals surface area contributed by atoms with E-state index in [0.29, 0.717) is 19.0 Å². The van der Waals surface area contributed by atoms with E-state index in [1.54, 1.807) is 0 Å². The van der Waals surface area contributed by atoms with Crippen LogP contribution in [0.25, 0.3) is 0 Å². The van der Waals surface area contributed by atoms with E-state index in [1.807, 2.05) is 0 Å². The maximum absolute atomic E-state index is 5.80. The summed E-state index contributed by atoms with van der Waals surface area (Å²) in [5, 5.41) is 0. The van der Waals surface area contributed by atoms with Crippen molar-refractivity contribution in [3.05, 3.63) is 19.3 Å². The fraction of sp³-hybridized carbons (Fsp3) is 0.500. The molecule has 0 aliphatic heterocycles. The molecule has 2 nitrogen and oxygen atoms in total. The van der Waals surface area contributed by atoms with Crippen LogP contribution in [0.1, 0.15) is 0 Å². The Morgan fingerprint density at radius 2 is 2.00 bits per heavy atom. The number of alkyl halides is 1. The number of hydrogen-bond acceptors (Lipinski definition) is 2. The van der Waals surface area contributed by atoms with Crippen molar-refractivity contribution in [2.75, 3.05) is 13.1 Å². The minimum atomic E-state index is 0.0156. The molecule has 0 radical (unpaired) electrons. The molecule has 2 atom stereocenters. The van der Waals surface area contributed by atoms with Crippen LogP contribution in [0.2, 0.25) is 0 Å². The smallest absolute Gasteiger partial charge is 0.0724 e. The highest BCUT2D eigenvalue weighted by Crippen LogP contribution is 2.44. The lowest BCUT2D eigenvalue weighted by atomic mass is 9.88. The van der Waals surface area contributed by atoms with Gasteiger partial charge in [0, 0.05) is 26.2 Å². The lowest BCUT2D eigenvalue weighted by Gasteiger charge is -2.35. The summed E-state index contributed by atoms with van der Waals surface area (Å²) < 4.78 is 2.58. The van der Waals surface area contributed by atoms with E-state index >= 15 is 0 Å². The molecular weight excluding hydrogens is 505 g/mol. The maximum atomic E-state index is 5.80. The van der Waals surface area contributed by atoms with Crippen LogP contribution in [0.3, 0.4) is 0 Å². The molecule has 0 saturated carbocycles. The molecule has 0 spiro atoms. The van der Waals surface area contributed by atoms with Gasteiger partial charge >= 0.3 is 0 Å². The summed E-state index contributed by atoms with van der Waals surface area (Å²) >= 11 is 7.11. The molecule has 0 fully saturated rings. The number of halogens is 3. The highest BCUT2D eigenvalue weighted by atomic mass is 127. The zero-order chi connectivity index (χ0) is 10.1. The summed E-state index contributed by atoms with van der Waals surface area (Å²) in [7, 11) is 0. The first kappa shape index (κ1) is 12.7. The zero-order valence-electron chi connectivity index (χ0n) is 6.93. The molecule has 1 rings (SSSR count). The molecule has 0 aromatic carbocycles. The minimum absolute atomic E-state index is 0.0156. The van der Waals surface area contributed by atoms with E-state index in [-0.39, 0.29) is 3.42 Å². The Bertz CT molecular complexity index is 262. The van der Waals surface area contributed by atoms with Crippen LogP contribution in [-0.2, 0) is 0 Å². The van der Waals surface area contributed by atoms with Crippen molar-refractivity contribution < 1.29 is 0 Å². The number of allylic oxidation sites excluding steroid dienone is 2. The first-order chi connectivity index (χ1) is 6.04. The predicted octanol–water partition coefficient (Wildman–Crippen LogP) is 2.35. The fourth-order valence-corrected chi connectivity index (χ4v) is 4.18. The summed E-state index contributed by atoms with van der Waals surface area (Å²) in [4.78, 5) is 0. The molecular formula is C8H11I3N2. The summed E-state index contributed by atoms with van der Waals surface area (Å²) in [6, 6.07) is 0. The van der Waals surface area contributed by atoms with Gasteiger partial charge in [0.25, 0.3) is 0 Å². The Kier molecular flexibility index (Phi) is 4.95. The van der Waals surface area contributed by atoms with Crippen molar-refractivity contribution >= 4 is 67.8 Å². The first-order valence-corrected chi connectivity index (χ1v) is 7.12. The maximum Gasteiger partial charge on any atom is 0.0724 e.